The van der Waals surface area contributed by atoms with Crippen molar-refractivity contribution in [2.75, 3.05) is 0 Å². The standard InChI is InChI=1S/C12H11ClN2O2/c13-9-3-1-7(2-4-9)11-14-12(17-15-11)8-5-10(16)6-8/h1-4,8,10,16H,5-6H2. The Hall–Kier alpha value is -1.39. The van der Waals surface area contributed by atoms with Gasteiger partial charge in [0.05, 0.1) is 6.10 Å². The zero-order valence-corrected chi connectivity index (χ0v) is 9.76. The monoisotopic (exact) mass is 250 g/mol. The van der Waals surface area contributed by atoms with E-state index in [1.54, 1.807) is 12.1 Å². The number of aliphatic hydroxyl groups excluding tert-OH is 1. The molecule has 0 aliphatic heterocycles. The van der Waals surface area contributed by atoms with Crippen molar-refractivity contribution in [2.24, 2.45) is 0 Å². The van der Waals surface area contributed by atoms with Crippen molar-refractivity contribution in [3.8, 4) is 11.4 Å². The summed E-state index contributed by atoms with van der Waals surface area (Å²) < 4.78 is 5.20. The van der Waals surface area contributed by atoms with Gasteiger partial charge in [0.1, 0.15) is 0 Å². The first-order chi connectivity index (χ1) is 8.22. The molecule has 1 aliphatic rings. The molecule has 1 heterocycles. The van der Waals surface area contributed by atoms with E-state index in [0.29, 0.717) is 29.6 Å². The van der Waals surface area contributed by atoms with Gasteiger partial charge >= 0.3 is 0 Å². The third kappa shape index (κ3) is 2.06. The Labute approximate surface area is 103 Å². The van der Waals surface area contributed by atoms with Gasteiger partial charge in [0, 0.05) is 16.5 Å². The number of hydrogen-bond donors (Lipinski definition) is 1. The zero-order valence-electron chi connectivity index (χ0n) is 9.01. The first-order valence-electron chi connectivity index (χ1n) is 5.50. The fraction of sp³-hybridized carbons (Fsp3) is 0.333. The maximum Gasteiger partial charge on any atom is 0.230 e. The summed E-state index contributed by atoms with van der Waals surface area (Å²) in [5, 5.41) is 13.8. The Morgan fingerprint density at radius 3 is 2.59 bits per heavy atom. The van der Waals surface area contributed by atoms with Crippen molar-refractivity contribution >= 4 is 11.6 Å². The highest BCUT2D eigenvalue weighted by molar-refractivity contribution is 6.30. The summed E-state index contributed by atoms with van der Waals surface area (Å²) in [6.45, 7) is 0. The van der Waals surface area contributed by atoms with Crippen molar-refractivity contribution in [3.63, 3.8) is 0 Å². The molecule has 1 aromatic carbocycles. The fourth-order valence-electron chi connectivity index (χ4n) is 1.91. The third-order valence-electron chi connectivity index (χ3n) is 3.01. The Morgan fingerprint density at radius 2 is 1.94 bits per heavy atom. The van der Waals surface area contributed by atoms with Crippen molar-refractivity contribution in [1.82, 2.24) is 10.1 Å². The molecular weight excluding hydrogens is 240 g/mol. The molecule has 0 unspecified atom stereocenters. The molecule has 2 aromatic rings. The Morgan fingerprint density at radius 1 is 1.24 bits per heavy atom. The largest absolute Gasteiger partial charge is 0.393 e. The highest BCUT2D eigenvalue weighted by Gasteiger charge is 2.33. The Bertz CT molecular complexity index is 518. The van der Waals surface area contributed by atoms with Crippen LogP contribution in [0.15, 0.2) is 28.8 Å². The molecule has 0 atom stereocenters. The van der Waals surface area contributed by atoms with Crippen molar-refractivity contribution < 1.29 is 9.63 Å². The molecule has 1 aliphatic carbocycles. The van der Waals surface area contributed by atoms with Crippen molar-refractivity contribution in [3.05, 3.63) is 35.2 Å². The van der Waals surface area contributed by atoms with Crippen LogP contribution in [0.25, 0.3) is 11.4 Å². The molecule has 1 fully saturated rings. The van der Waals surface area contributed by atoms with Gasteiger partial charge in [0.2, 0.25) is 11.7 Å². The van der Waals surface area contributed by atoms with Gasteiger partial charge in [0.25, 0.3) is 0 Å². The lowest BCUT2D eigenvalue weighted by atomic mass is 9.82. The minimum absolute atomic E-state index is 0.207. The van der Waals surface area contributed by atoms with E-state index in [0.717, 1.165) is 5.56 Å². The maximum absolute atomic E-state index is 9.23. The van der Waals surface area contributed by atoms with Crippen molar-refractivity contribution in [1.29, 1.82) is 0 Å². The second-order valence-electron chi connectivity index (χ2n) is 4.29. The number of rotatable bonds is 2. The second-order valence-corrected chi connectivity index (χ2v) is 4.72. The quantitative estimate of drug-likeness (QED) is 0.890. The van der Waals surface area contributed by atoms with E-state index in [4.69, 9.17) is 16.1 Å². The normalized spacial score (nSPS) is 23.4. The molecule has 3 rings (SSSR count). The van der Waals surface area contributed by atoms with E-state index in [2.05, 4.69) is 10.1 Å². The van der Waals surface area contributed by atoms with Crippen LogP contribution in [0, 0.1) is 0 Å². The zero-order chi connectivity index (χ0) is 11.8. The van der Waals surface area contributed by atoms with E-state index >= 15 is 0 Å². The van der Waals surface area contributed by atoms with Gasteiger partial charge in [-0.05, 0) is 37.1 Å². The van der Waals surface area contributed by atoms with E-state index in [1.165, 1.54) is 0 Å². The van der Waals surface area contributed by atoms with Gasteiger partial charge in [-0.3, -0.25) is 0 Å². The van der Waals surface area contributed by atoms with Crippen LogP contribution in [0.5, 0.6) is 0 Å². The van der Waals surface area contributed by atoms with Crippen LogP contribution in [0.2, 0.25) is 5.02 Å². The van der Waals surface area contributed by atoms with E-state index < -0.39 is 0 Å². The van der Waals surface area contributed by atoms with Gasteiger partial charge in [-0.2, -0.15) is 4.98 Å². The average molecular weight is 251 g/mol. The predicted molar refractivity (Wildman–Crippen MR) is 62.7 cm³/mol. The van der Waals surface area contributed by atoms with Crippen LogP contribution in [0.1, 0.15) is 24.7 Å². The molecule has 0 radical (unpaired) electrons. The van der Waals surface area contributed by atoms with Crippen molar-refractivity contribution in [2.45, 2.75) is 24.9 Å². The molecule has 1 saturated carbocycles. The highest BCUT2D eigenvalue weighted by Crippen LogP contribution is 2.36. The van der Waals surface area contributed by atoms with Crippen LogP contribution < -0.4 is 0 Å². The van der Waals surface area contributed by atoms with Crippen LogP contribution in [0.4, 0.5) is 0 Å². The molecule has 0 spiro atoms. The summed E-state index contributed by atoms with van der Waals surface area (Å²) in [6, 6.07) is 7.29. The molecule has 4 nitrogen and oxygen atoms in total. The molecule has 1 N–H and O–H groups in total. The maximum atomic E-state index is 9.23. The number of halogens is 1. The number of aliphatic hydroxyl groups is 1. The summed E-state index contributed by atoms with van der Waals surface area (Å²) in [5.74, 6) is 1.39. The molecule has 1 aromatic heterocycles. The molecule has 5 heteroatoms. The Balaban J connectivity index is 1.82. The number of hydrogen-bond acceptors (Lipinski definition) is 4. The minimum atomic E-state index is -0.217. The van der Waals surface area contributed by atoms with Gasteiger partial charge in [-0.25, -0.2) is 0 Å². The van der Waals surface area contributed by atoms with Crippen LogP contribution >= 0.6 is 11.6 Å². The van der Waals surface area contributed by atoms with Gasteiger partial charge < -0.3 is 9.63 Å². The summed E-state index contributed by atoms with van der Waals surface area (Å²) >= 11 is 5.81. The van der Waals surface area contributed by atoms with Gasteiger partial charge in [-0.15, -0.1) is 0 Å². The summed E-state index contributed by atoms with van der Waals surface area (Å²) in [4.78, 5) is 4.33. The number of benzene rings is 1. The van der Waals surface area contributed by atoms with Crippen LogP contribution in [-0.2, 0) is 0 Å². The van der Waals surface area contributed by atoms with E-state index in [9.17, 15) is 5.11 Å². The first kappa shape index (κ1) is 10.7. The summed E-state index contributed by atoms with van der Waals surface area (Å²) in [5.41, 5.74) is 0.879. The SMILES string of the molecule is OC1CC(c2nc(-c3ccc(Cl)cc3)no2)C1. The number of aromatic nitrogens is 2. The molecular formula is C12H11ClN2O2. The molecule has 17 heavy (non-hydrogen) atoms. The second kappa shape index (κ2) is 4.13. The lowest BCUT2D eigenvalue weighted by Crippen LogP contribution is -2.26. The van der Waals surface area contributed by atoms with Gasteiger partial charge in [0.15, 0.2) is 0 Å². The van der Waals surface area contributed by atoms with Gasteiger partial charge in [-0.1, -0.05) is 16.8 Å². The first-order valence-corrected chi connectivity index (χ1v) is 5.88. The lowest BCUT2D eigenvalue weighted by Gasteiger charge is -2.27. The third-order valence-corrected chi connectivity index (χ3v) is 3.26. The van der Waals surface area contributed by atoms with E-state index in [1.807, 2.05) is 12.1 Å². The lowest BCUT2D eigenvalue weighted by molar-refractivity contribution is 0.0625. The Kier molecular flexibility index (Phi) is 2.61. The average Bonchev–Trinajstić information content (AvgIpc) is 2.75. The number of nitrogens with zero attached hydrogens (tertiary/aromatic N) is 2. The molecule has 0 saturated heterocycles. The summed E-state index contributed by atoms with van der Waals surface area (Å²) in [6.07, 6.45) is 1.20. The molecule has 0 amide bonds. The smallest absolute Gasteiger partial charge is 0.230 e. The molecule has 88 valence electrons. The van der Waals surface area contributed by atoms with Crippen LogP contribution in [0.3, 0.4) is 0 Å². The van der Waals surface area contributed by atoms with Crippen LogP contribution in [-0.4, -0.2) is 21.4 Å². The minimum Gasteiger partial charge on any atom is -0.393 e. The summed E-state index contributed by atoms with van der Waals surface area (Å²) in [7, 11) is 0. The molecule has 0 bridgehead atoms. The topological polar surface area (TPSA) is 59.2 Å². The predicted octanol–water partition coefficient (Wildman–Crippen LogP) is 2.63. The van der Waals surface area contributed by atoms with E-state index in [-0.39, 0.29) is 12.0 Å². The highest BCUT2D eigenvalue weighted by atomic mass is 35.5. The fourth-order valence-corrected chi connectivity index (χ4v) is 2.03.